The second kappa shape index (κ2) is 3.92. The third-order valence-corrected chi connectivity index (χ3v) is 3.01. The van der Waals surface area contributed by atoms with E-state index in [1.165, 1.54) is 12.8 Å². The van der Waals surface area contributed by atoms with E-state index in [4.69, 9.17) is 0 Å². The maximum atomic E-state index is 11.1. The van der Waals surface area contributed by atoms with Crippen LogP contribution in [0.1, 0.15) is 33.6 Å². The van der Waals surface area contributed by atoms with Gasteiger partial charge in [0.15, 0.2) is 0 Å². The maximum Gasteiger partial charge on any atom is 0.219 e. The number of hydrogen-bond donors (Lipinski definition) is 0. The minimum absolute atomic E-state index is 0.232. The topological polar surface area (TPSA) is 20.3 Å². The van der Waals surface area contributed by atoms with Gasteiger partial charge in [-0.3, -0.25) is 4.79 Å². The Labute approximate surface area is 74.9 Å². The molecule has 0 saturated carbocycles. The molecule has 0 radical (unpaired) electrons. The zero-order valence-electron chi connectivity index (χ0n) is 8.34. The Morgan fingerprint density at radius 3 is 2.58 bits per heavy atom. The molecule has 1 amide bonds. The lowest BCUT2D eigenvalue weighted by molar-refractivity contribution is -0.129. The van der Waals surface area contributed by atoms with Gasteiger partial charge in [-0.25, -0.2) is 0 Å². The number of carbonyl (C=O) groups is 1. The highest BCUT2D eigenvalue weighted by Gasteiger charge is 2.21. The molecule has 2 nitrogen and oxygen atoms in total. The van der Waals surface area contributed by atoms with Crippen LogP contribution in [0, 0.1) is 11.8 Å². The monoisotopic (exact) mass is 169 g/mol. The first kappa shape index (κ1) is 9.56. The highest BCUT2D eigenvalue weighted by molar-refractivity contribution is 5.73. The van der Waals surface area contributed by atoms with Crippen LogP contribution in [0.25, 0.3) is 0 Å². The van der Waals surface area contributed by atoms with E-state index in [1.807, 2.05) is 4.90 Å². The average Bonchev–Trinajstić information content (AvgIpc) is 2.15. The molecular weight excluding hydrogens is 150 g/mol. The summed E-state index contributed by atoms with van der Waals surface area (Å²) in [4.78, 5) is 13.1. The highest BCUT2D eigenvalue weighted by atomic mass is 16.2. The van der Waals surface area contributed by atoms with Crippen molar-refractivity contribution in [3.8, 4) is 0 Å². The van der Waals surface area contributed by atoms with E-state index < -0.39 is 0 Å². The first-order valence-electron chi connectivity index (χ1n) is 4.86. The molecule has 2 unspecified atom stereocenters. The van der Waals surface area contributed by atoms with Gasteiger partial charge in [-0.2, -0.15) is 0 Å². The average molecular weight is 169 g/mol. The molecule has 2 atom stereocenters. The standard InChI is InChI=1S/C10H19NO/c1-8-5-4-6-11(10(3)12)7-9(8)2/h8-9H,4-7H2,1-3H3. The van der Waals surface area contributed by atoms with Crippen LogP contribution in [0.15, 0.2) is 0 Å². The van der Waals surface area contributed by atoms with Crippen LogP contribution in [0.5, 0.6) is 0 Å². The number of likely N-dealkylation sites (tertiary alicyclic amines) is 1. The summed E-state index contributed by atoms with van der Waals surface area (Å²) in [6.07, 6.45) is 2.44. The smallest absolute Gasteiger partial charge is 0.219 e. The van der Waals surface area contributed by atoms with Gasteiger partial charge in [0, 0.05) is 20.0 Å². The fourth-order valence-electron chi connectivity index (χ4n) is 1.79. The second-order valence-electron chi connectivity index (χ2n) is 4.06. The fourth-order valence-corrected chi connectivity index (χ4v) is 1.79. The van der Waals surface area contributed by atoms with Crippen LogP contribution >= 0.6 is 0 Å². The Kier molecular flexibility index (Phi) is 3.12. The lowest BCUT2D eigenvalue weighted by Crippen LogP contribution is -2.32. The van der Waals surface area contributed by atoms with Crippen molar-refractivity contribution in [3.05, 3.63) is 0 Å². The largest absolute Gasteiger partial charge is 0.343 e. The van der Waals surface area contributed by atoms with E-state index in [9.17, 15) is 4.79 Å². The molecule has 0 spiro atoms. The summed E-state index contributed by atoms with van der Waals surface area (Å²) < 4.78 is 0. The molecule has 1 rings (SSSR count). The van der Waals surface area contributed by atoms with E-state index in [2.05, 4.69) is 13.8 Å². The molecule has 70 valence electrons. The van der Waals surface area contributed by atoms with Gasteiger partial charge in [-0.05, 0) is 24.7 Å². The first-order chi connectivity index (χ1) is 5.61. The van der Waals surface area contributed by atoms with Crippen molar-refractivity contribution in [1.82, 2.24) is 4.90 Å². The Bertz CT molecular complexity index is 167. The molecule has 0 aromatic carbocycles. The van der Waals surface area contributed by atoms with Gasteiger partial charge in [0.1, 0.15) is 0 Å². The first-order valence-corrected chi connectivity index (χ1v) is 4.86. The van der Waals surface area contributed by atoms with Crippen LogP contribution in [0.4, 0.5) is 0 Å². The van der Waals surface area contributed by atoms with Crippen molar-refractivity contribution in [2.75, 3.05) is 13.1 Å². The van der Waals surface area contributed by atoms with Crippen LogP contribution in [0.3, 0.4) is 0 Å². The summed E-state index contributed by atoms with van der Waals surface area (Å²) in [5.41, 5.74) is 0. The van der Waals surface area contributed by atoms with E-state index in [1.54, 1.807) is 6.92 Å². The zero-order valence-corrected chi connectivity index (χ0v) is 8.34. The number of amides is 1. The van der Waals surface area contributed by atoms with Gasteiger partial charge in [0.2, 0.25) is 5.91 Å². The number of nitrogens with zero attached hydrogens (tertiary/aromatic N) is 1. The maximum absolute atomic E-state index is 11.1. The lowest BCUT2D eigenvalue weighted by atomic mass is 9.93. The van der Waals surface area contributed by atoms with Crippen LogP contribution < -0.4 is 0 Å². The predicted molar refractivity (Wildman–Crippen MR) is 49.8 cm³/mol. The van der Waals surface area contributed by atoms with Gasteiger partial charge in [0.25, 0.3) is 0 Å². The number of carbonyl (C=O) groups excluding carboxylic acids is 1. The summed E-state index contributed by atoms with van der Waals surface area (Å²) in [5.74, 6) is 1.67. The summed E-state index contributed by atoms with van der Waals surface area (Å²) in [7, 11) is 0. The van der Waals surface area contributed by atoms with Crippen molar-refractivity contribution in [1.29, 1.82) is 0 Å². The van der Waals surface area contributed by atoms with E-state index >= 15 is 0 Å². The molecule has 2 heteroatoms. The number of hydrogen-bond acceptors (Lipinski definition) is 1. The lowest BCUT2D eigenvalue weighted by Gasteiger charge is -2.22. The Morgan fingerprint density at radius 1 is 1.33 bits per heavy atom. The summed E-state index contributed by atoms with van der Waals surface area (Å²) in [6, 6.07) is 0. The minimum Gasteiger partial charge on any atom is -0.343 e. The molecule has 1 saturated heterocycles. The van der Waals surface area contributed by atoms with Crippen LogP contribution in [-0.4, -0.2) is 23.9 Å². The summed E-state index contributed by atoms with van der Waals surface area (Å²) in [6.45, 7) is 8.11. The quantitative estimate of drug-likeness (QED) is 0.542. The van der Waals surface area contributed by atoms with Gasteiger partial charge in [-0.15, -0.1) is 0 Å². The fraction of sp³-hybridized carbons (Fsp3) is 0.900. The van der Waals surface area contributed by atoms with E-state index in [0.29, 0.717) is 5.92 Å². The molecule has 12 heavy (non-hydrogen) atoms. The molecule has 0 bridgehead atoms. The Morgan fingerprint density at radius 2 is 2.00 bits per heavy atom. The zero-order chi connectivity index (χ0) is 9.14. The molecule has 0 aliphatic carbocycles. The summed E-state index contributed by atoms with van der Waals surface area (Å²) >= 11 is 0. The molecule has 1 aliphatic heterocycles. The van der Waals surface area contributed by atoms with E-state index in [-0.39, 0.29) is 5.91 Å². The molecule has 0 aromatic heterocycles. The second-order valence-corrected chi connectivity index (χ2v) is 4.06. The third-order valence-electron chi connectivity index (χ3n) is 3.01. The predicted octanol–water partition coefficient (Wildman–Crippen LogP) is 1.90. The van der Waals surface area contributed by atoms with Crippen molar-refractivity contribution < 1.29 is 4.79 Å². The Balaban J connectivity index is 2.54. The SMILES string of the molecule is CC(=O)N1CCCC(C)C(C)C1. The molecule has 1 aliphatic rings. The van der Waals surface area contributed by atoms with Crippen molar-refractivity contribution >= 4 is 5.91 Å². The minimum atomic E-state index is 0.232. The van der Waals surface area contributed by atoms with Crippen LogP contribution in [-0.2, 0) is 4.79 Å². The van der Waals surface area contributed by atoms with Gasteiger partial charge in [0.05, 0.1) is 0 Å². The molecular formula is C10H19NO. The Hall–Kier alpha value is -0.530. The molecule has 1 fully saturated rings. The molecule has 0 N–H and O–H groups in total. The molecule has 1 heterocycles. The van der Waals surface area contributed by atoms with Crippen molar-refractivity contribution in [2.24, 2.45) is 11.8 Å². The van der Waals surface area contributed by atoms with Gasteiger partial charge < -0.3 is 4.90 Å². The molecule has 0 aromatic rings. The highest BCUT2D eigenvalue weighted by Crippen LogP contribution is 2.22. The van der Waals surface area contributed by atoms with Gasteiger partial charge in [-0.1, -0.05) is 13.8 Å². The summed E-state index contributed by atoms with van der Waals surface area (Å²) in [5, 5.41) is 0. The van der Waals surface area contributed by atoms with Crippen LogP contribution in [0.2, 0.25) is 0 Å². The van der Waals surface area contributed by atoms with Gasteiger partial charge >= 0.3 is 0 Å². The van der Waals surface area contributed by atoms with Crippen molar-refractivity contribution in [3.63, 3.8) is 0 Å². The van der Waals surface area contributed by atoms with Crippen molar-refractivity contribution in [2.45, 2.75) is 33.6 Å². The number of rotatable bonds is 0. The third kappa shape index (κ3) is 2.23. The normalized spacial score (nSPS) is 31.4. The van der Waals surface area contributed by atoms with E-state index in [0.717, 1.165) is 19.0 Å².